The number of rotatable bonds is 5. The summed E-state index contributed by atoms with van der Waals surface area (Å²) in [6.07, 6.45) is 6.45. The average molecular weight is 274 g/mol. The van der Waals surface area contributed by atoms with Crippen molar-refractivity contribution in [3.63, 3.8) is 0 Å². The largest absolute Gasteiger partial charge is 0.466 e. The van der Waals surface area contributed by atoms with Crippen LogP contribution in [0.2, 0.25) is 0 Å². The summed E-state index contributed by atoms with van der Waals surface area (Å²) < 4.78 is 5.13. The third-order valence-electron chi connectivity index (χ3n) is 3.75. The fraction of sp³-hybridized carbons (Fsp3) is 0.471. The van der Waals surface area contributed by atoms with Crippen LogP contribution in [-0.4, -0.2) is 32.2 Å². The fourth-order valence-corrected chi connectivity index (χ4v) is 2.72. The normalized spacial score (nSPS) is 22.9. The highest BCUT2D eigenvalue weighted by Gasteiger charge is 2.28. The summed E-state index contributed by atoms with van der Waals surface area (Å²) in [5, 5.41) is 0. The van der Waals surface area contributed by atoms with Gasteiger partial charge in [0.05, 0.1) is 26.2 Å². The Bertz CT molecular complexity index is 442. The molecule has 0 spiro atoms. The van der Waals surface area contributed by atoms with Gasteiger partial charge < -0.3 is 9.64 Å². The SMILES string of the molecule is CCOC(=O)[C@@H]1CCC[NH+](C/C=C/c2ccccc2)C1. The molecule has 0 bridgehead atoms. The predicted molar refractivity (Wildman–Crippen MR) is 80.4 cm³/mol. The number of hydrogen-bond acceptors (Lipinski definition) is 2. The minimum atomic E-state index is -0.0169. The van der Waals surface area contributed by atoms with Crippen molar-refractivity contribution in [2.45, 2.75) is 19.8 Å². The number of nitrogens with one attached hydrogen (secondary N) is 1. The lowest BCUT2D eigenvalue weighted by Gasteiger charge is -2.27. The van der Waals surface area contributed by atoms with E-state index in [2.05, 4.69) is 24.3 Å². The first-order chi connectivity index (χ1) is 9.79. The Hall–Kier alpha value is -1.61. The lowest BCUT2D eigenvalue weighted by atomic mass is 9.98. The van der Waals surface area contributed by atoms with Crippen LogP contribution in [0.15, 0.2) is 36.4 Å². The summed E-state index contributed by atoms with van der Waals surface area (Å²) in [5.41, 5.74) is 1.23. The van der Waals surface area contributed by atoms with E-state index in [4.69, 9.17) is 4.74 Å². The highest BCUT2D eigenvalue weighted by molar-refractivity contribution is 5.72. The molecule has 0 amide bonds. The molecule has 108 valence electrons. The second kappa shape index (κ2) is 7.85. The van der Waals surface area contributed by atoms with Crippen molar-refractivity contribution in [3.05, 3.63) is 42.0 Å². The Kier molecular flexibility index (Phi) is 5.81. The van der Waals surface area contributed by atoms with E-state index in [1.807, 2.05) is 25.1 Å². The van der Waals surface area contributed by atoms with Gasteiger partial charge in [-0.3, -0.25) is 4.79 Å². The van der Waals surface area contributed by atoms with Crippen LogP contribution in [0.4, 0.5) is 0 Å². The lowest BCUT2D eigenvalue weighted by molar-refractivity contribution is -0.901. The Morgan fingerprint density at radius 2 is 2.20 bits per heavy atom. The molecule has 1 fully saturated rings. The number of ether oxygens (including phenoxy) is 1. The van der Waals surface area contributed by atoms with Crippen LogP contribution in [0.5, 0.6) is 0 Å². The van der Waals surface area contributed by atoms with Crippen LogP contribution in [0.1, 0.15) is 25.3 Å². The number of esters is 1. The van der Waals surface area contributed by atoms with Gasteiger partial charge in [0.25, 0.3) is 0 Å². The van der Waals surface area contributed by atoms with Crippen molar-refractivity contribution < 1.29 is 14.4 Å². The van der Waals surface area contributed by atoms with Crippen LogP contribution in [-0.2, 0) is 9.53 Å². The maximum atomic E-state index is 11.8. The molecule has 1 aliphatic rings. The van der Waals surface area contributed by atoms with Crippen LogP contribution in [0.25, 0.3) is 6.08 Å². The third kappa shape index (κ3) is 4.49. The Labute approximate surface area is 121 Å². The number of carbonyl (C=O) groups excluding carboxylic acids is 1. The van der Waals surface area contributed by atoms with E-state index < -0.39 is 0 Å². The molecule has 3 heteroatoms. The fourth-order valence-electron chi connectivity index (χ4n) is 2.72. The second-order valence-electron chi connectivity index (χ2n) is 5.31. The minimum absolute atomic E-state index is 0.0169. The highest BCUT2D eigenvalue weighted by atomic mass is 16.5. The third-order valence-corrected chi connectivity index (χ3v) is 3.75. The van der Waals surface area contributed by atoms with E-state index in [9.17, 15) is 4.79 Å². The maximum absolute atomic E-state index is 11.8. The monoisotopic (exact) mass is 274 g/mol. The van der Waals surface area contributed by atoms with E-state index in [-0.39, 0.29) is 11.9 Å². The molecule has 0 aromatic heterocycles. The smallest absolute Gasteiger partial charge is 0.314 e. The number of carbonyl (C=O) groups is 1. The molecule has 0 saturated carbocycles. The van der Waals surface area contributed by atoms with Gasteiger partial charge in [-0.1, -0.05) is 36.4 Å². The number of benzene rings is 1. The molecule has 1 saturated heterocycles. The summed E-state index contributed by atoms with van der Waals surface area (Å²) in [6.45, 7) is 5.38. The predicted octanol–water partition coefficient (Wildman–Crippen LogP) is 1.56. The van der Waals surface area contributed by atoms with Gasteiger partial charge in [0.15, 0.2) is 0 Å². The standard InChI is InChI=1S/C17H23NO2/c1-2-20-17(19)16-11-7-13-18(14-16)12-6-10-15-8-4-3-5-9-15/h3-6,8-10,16H,2,7,11-14H2,1H3/p+1/b10-6+/t16-/m1/s1. The summed E-state index contributed by atoms with van der Waals surface area (Å²) in [5.74, 6) is 0.0700. The second-order valence-corrected chi connectivity index (χ2v) is 5.31. The van der Waals surface area contributed by atoms with Crippen LogP contribution >= 0.6 is 0 Å². The molecule has 1 unspecified atom stereocenters. The van der Waals surface area contributed by atoms with Gasteiger partial charge in [0.2, 0.25) is 0 Å². The number of piperidine rings is 1. The van der Waals surface area contributed by atoms with Gasteiger partial charge in [0, 0.05) is 0 Å². The Morgan fingerprint density at radius 1 is 1.40 bits per heavy atom. The summed E-state index contributed by atoms with van der Waals surface area (Å²) >= 11 is 0. The van der Waals surface area contributed by atoms with Crippen molar-refractivity contribution in [1.82, 2.24) is 0 Å². The molecule has 1 aromatic rings. The number of likely N-dealkylation sites (tertiary alicyclic amines) is 1. The zero-order valence-electron chi connectivity index (χ0n) is 12.2. The topological polar surface area (TPSA) is 30.7 Å². The molecule has 3 nitrogen and oxygen atoms in total. The first-order valence-electron chi connectivity index (χ1n) is 7.51. The minimum Gasteiger partial charge on any atom is -0.466 e. The lowest BCUT2D eigenvalue weighted by Crippen LogP contribution is -3.13. The molecule has 2 rings (SSSR count). The molecule has 0 radical (unpaired) electrons. The zero-order chi connectivity index (χ0) is 14.2. The van der Waals surface area contributed by atoms with E-state index >= 15 is 0 Å². The Morgan fingerprint density at radius 3 is 2.95 bits per heavy atom. The summed E-state index contributed by atoms with van der Waals surface area (Å²) in [6, 6.07) is 10.3. The molecular formula is C17H24NO2+. The van der Waals surface area contributed by atoms with Gasteiger partial charge in [-0.15, -0.1) is 0 Å². The van der Waals surface area contributed by atoms with Gasteiger partial charge in [-0.25, -0.2) is 0 Å². The molecule has 0 aliphatic carbocycles. The van der Waals surface area contributed by atoms with E-state index in [0.29, 0.717) is 6.61 Å². The molecule has 1 aromatic carbocycles. The zero-order valence-corrected chi connectivity index (χ0v) is 12.2. The van der Waals surface area contributed by atoms with Crippen molar-refractivity contribution in [3.8, 4) is 0 Å². The number of hydrogen-bond donors (Lipinski definition) is 1. The molecule has 1 aliphatic heterocycles. The highest BCUT2D eigenvalue weighted by Crippen LogP contribution is 2.09. The van der Waals surface area contributed by atoms with Gasteiger partial charge in [-0.2, -0.15) is 0 Å². The Balaban J connectivity index is 1.81. The first-order valence-corrected chi connectivity index (χ1v) is 7.51. The van der Waals surface area contributed by atoms with Crippen molar-refractivity contribution in [2.75, 3.05) is 26.2 Å². The van der Waals surface area contributed by atoms with Crippen LogP contribution in [0.3, 0.4) is 0 Å². The molecule has 1 heterocycles. The average Bonchev–Trinajstić information content (AvgIpc) is 2.49. The van der Waals surface area contributed by atoms with Crippen LogP contribution < -0.4 is 4.90 Å². The summed E-state index contributed by atoms with van der Waals surface area (Å²) in [7, 11) is 0. The van der Waals surface area contributed by atoms with Crippen molar-refractivity contribution >= 4 is 12.0 Å². The van der Waals surface area contributed by atoms with Gasteiger partial charge in [0.1, 0.15) is 5.92 Å². The molecule has 1 N–H and O–H groups in total. The molecule has 20 heavy (non-hydrogen) atoms. The molecular weight excluding hydrogens is 250 g/mol. The van der Waals surface area contributed by atoms with E-state index in [0.717, 1.165) is 32.5 Å². The maximum Gasteiger partial charge on any atom is 0.314 e. The van der Waals surface area contributed by atoms with Crippen molar-refractivity contribution in [2.24, 2.45) is 5.92 Å². The quantitative estimate of drug-likeness (QED) is 0.826. The number of quaternary nitrogens is 1. The van der Waals surface area contributed by atoms with E-state index in [1.165, 1.54) is 10.5 Å². The molecule has 2 atom stereocenters. The van der Waals surface area contributed by atoms with Crippen molar-refractivity contribution in [1.29, 1.82) is 0 Å². The summed E-state index contributed by atoms with van der Waals surface area (Å²) in [4.78, 5) is 13.3. The van der Waals surface area contributed by atoms with Gasteiger partial charge in [-0.05, 0) is 31.4 Å². The first kappa shape index (κ1) is 14.8. The van der Waals surface area contributed by atoms with Gasteiger partial charge >= 0.3 is 5.97 Å². The van der Waals surface area contributed by atoms with Crippen LogP contribution in [0, 0.1) is 5.92 Å². The van der Waals surface area contributed by atoms with E-state index in [1.54, 1.807) is 0 Å².